The Labute approximate surface area is 44.7 Å². The first-order valence-electron chi connectivity index (χ1n) is 2.65. The lowest BCUT2D eigenvalue weighted by Crippen LogP contribution is -2.09. The molecule has 0 aromatic heterocycles. The van der Waals surface area contributed by atoms with Crippen LogP contribution in [0.4, 0.5) is 0 Å². The molecule has 0 aliphatic rings. The molecule has 0 aromatic carbocycles. The van der Waals surface area contributed by atoms with E-state index in [-0.39, 0.29) is 0 Å². The minimum Gasteiger partial charge on any atom is -0.785 e. The SMILES string of the molecule is CCCCN(C)[O-]. The molecule has 0 bridgehead atoms. The molecule has 0 spiro atoms. The van der Waals surface area contributed by atoms with E-state index < -0.39 is 0 Å². The zero-order valence-electron chi connectivity index (χ0n) is 4.98. The van der Waals surface area contributed by atoms with Gasteiger partial charge in [0.1, 0.15) is 0 Å². The van der Waals surface area contributed by atoms with Crippen LogP contribution in [-0.2, 0) is 0 Å². The summed E-state index contributed by atoms with van der Waals surface area (Å²) >= 11 is 0. The minimum atomic E-state index is 0.677. The Balaban J connectivity index is 2.68. The third kappa shape index (κ3) is 5.92. The van der Waals surface area contributed by atoms with Gasteiger partial charge in [0.2, 0.25) is 0 Å². The predicted octanol–water partition coefficient (Wildman–Crippen LogP) is 1.22. The average molecular weight is 102 g/mol. The molecule has 0 N–H and O–H groups in total. The molecule has 0 aliphatic heterocycles. The Bertz CT molecular complexity index is 37.1. The van der Waals surface area contributed by atoms with Crippen molar-refractivity contribution in [1.82, 2.24) is 5.06 Å². The fourth-order valence-electron chi connectivity index (χ4n) is 0.381. The number of hydrogen-bond donors (Lipinski definition) is 0. The van der Waals surface area contributed by atoms with E-state index in [1.54, 1.807) is 7.05 Å². The highest BCUT2D eigenvalue weighted by Gasteiger charge is 1.78. The van der Waals surface area contributed by atoms with Crippen LogP contribution >= 0.6 is 0 Å². The van der Waals surface area contributed by atoms with E-state index in [9.17, 15) is 5.21 Å². The second kappa shape index (κ2) is 4.09. The van der Waals surface area contributed by atoms with Gasteiger partial charge in [0.15, 0.2) is 0 Å². The molecule has 0 atom stereocenters. The molecule has 2 heteroatoms. The topological polar surface area (TPSA) is 26.3 Å². The number of hydroxylamine groups is 2. The smallest absolute Gasteiger partial charge is 0.0147 e. The molecule has 2 nitrogen and oxygen atoms in total. The molecule has 44 valence electrons. The summed E-state index contributed by atoms with van der Waals surface area (Å²) < 4.78 is 0. The maximum atomic E-state index is 10.1. The molecular formula is C5H12NO-. The van der Waals surface area contributed by atoms with Gasteiger partial charge < -0.3 is 10.3 Å². The van der Waals surface area contributed by atoms with E-state index in [2.05, 4.69) is 6.92 Å². The zero-order valence-corrected chi connectivity index (χ0v) is 4.98. The van der Waals surface area contributed by atoms with Gasteiger partial charge in [-0.25, -0.2) is 0 Å². The molecule has 0 amide bonds. The quantitative estimate of drug-likeness (QED) is 0.501. The monoisotopic (exact) mass is 102 g/mol. The summed E-state index contributed by atoms with van der Waals surface area (Å²) in [6.45, 7) is 2.75. The van der Waals surface area contributed by atoms with E-state index >= 15 is 0 Å². The molecule has 7 heavy (non-hydrogen) atoms. The largest absolute Gasteiger partial charge is 0.785 e. The molecule has 0 saturated heterocycles. The van der Waals surface area contributed by atoms with Crippen molar-refractivity contribution in [3.8, 4) is 0 Å². The first kappa shape index (κ1) is 6.92. The standard InChI is InChI=1S/C5H12NO/c1-3-4-5-6(2)7/h3-5H2,1-2H3/q-1. The highest BCUT2D eigenvalue weighted by Crippen LogP contribution is 1.87. The molecule has 0 unspecified atom stereocenters. The average Bonchev–Trinajstić information content (AvgIpc) is 1.61. The van der Waals surface area contributed by atoms with Crippen molar-refractivity contribution >= 4 is 0 Å². The van der Waals surface area contributed by atoms with Crippen molar-refractivity contribution in [2.45, 2.75) is 19.8 Å². The maximum absolute atomic E-state index is 10.1. The van der Waals surface area contributed by atoms with Gasteiger partial charge in [0.25, 0.3) is 0 Å². The molecule has 0 rings (SSSR count). The van der Waals surface area contributed by atoms with Crippen LogP contribution in [0.3, 0.4) is 0 Å². The Hall–Kier alpha value is -0.0800. The van der Waals surface area contributed by atoms with Crippen molar-refractivity contribution in [2.24, 2.45) is 0 Å². The fourth-order valence-corrected chi connectivity index (χ4v) is 0.381. The summed E-state index contributed by atoms with van der Waals surface area (Å²) in [4.78, 5) is 0. The van der Waals surface area contributed by atoms with Crippen molar-refractivity contribution in [2.75, 3.05) is 13.6 Å². The van der Waals surface area contributed by atoms with Crippen LogP contribution in [0.5, 0.6) is 0 Å². The van der Waals surface area contributed by atoms with Gasteiger partial charge in [0.05, 0.1) is 0 Å². The molecule has 0 aliphatic carbocycles. The molecule has 0 radical (unpaired) electrons. The summed E-state index contributed by atoms with van der Waals surface area (Å²) in [5.74, 6) is 0. The number of hydrogen-bond acceptors (Lipinski definition) is 2. The van der Waals surface area contributed by atoms with Crippen LogP contribution < -0.4 is 0 Å². The fraction of sp³-hybridized carbons (Fsp3) is 1.00. The number of unbranched alkanes of at least 4 members (excludes halogenated alkanes) is 1. The summed E-state index contributed by atoms with van der Waals surface area (Å²) in [7, 11) is 1.55. The summed E-state index contributed by atoms with van der Waals surface area (Å²) in [5.41, 5.74) is 0. The highest BCUT2D eigenvalue weighted by molar-refractivity contribution is 4.46. The van der Waals surface area contributed by atoms with Crippen LogP contribution in [0.1, 0.15) is 19.8 Å². The van der Waals surface area contributed by atoms with Crippen LogP contribution in [0.15, 0.2) is 0 Å². The van der Waals surface area contributed by atoms with Crippen LogP contribution in [0.2, 0.25) is 0 Å². The molecule has 0 heterocycles. The van der Waals surface area contributed by atoms with Gasteiger partial charge in [-0.1, -0.05) is 13.3 Å². The third-order valence-corrected chi connectivity index (χ3v) is 0.827. The molecule has 0 saturated carbocycles. The van der Waals surface area contributed by atoms with Crippen LogP contribution in [0.25, 0.3) is 0 Å². The van der Waals surface area contributed by atoms with Crippen LogP contribution in [-0.4, -0.2) is 18.7 Å². The molecule has 0 fully saturated rings. The van der Waals surface area contributed by atoms with Crippen molar-refractivity contribution in [1.29, 1.82) is 0 Å². The Morgan fingerprint density at radius 2 is 2.14 bits per heavy atom. The lowest BCUT2D eigenvalue weighted by atomic mass is 10.3. The van der Waals surface area contributed by atoms with E-state index in [0.29, 0.717) is 6.54 Å². The van der Waals surface area contributed by atoms with E-state index in [4.69, 9.17) is 0 Å². The van der Waals surface area contributed by atoms with Gasteiger partial charge in [-0.15, -0.1) is 0 Å². The highest BCUT2D eigenvalue weighted by atomic mass is 16.5. The number of rotatable bonds is 3. The van der Waals surface area contributed by atoms with Crippen molar-refractivity contribution < 1.29 is 0 Å². The summed E-state index contributed by atoms with van der Waals surface area (Å²) in [6, 6.07) is 0. The Morgan fingerprint density at radius 3 is 2.29 bits per heavy atom. The lowest BCUT2D eigenvalue weighted by molar-refractivity contribution is 0.443. The van der Waals surface area contributed by atoms with Gasteiger partial charge in [-0.3, -0.25) is 0 Å². The van der Waals surface area contributed by atoms with E-state index in [1.807, 2.05) is 0 Å². The van der Waals surface area contributed by atoms with Gasteiger partial charge in [0, 0.05) is 0 Å². The number of nitrogens with zero attached hydrogens (tertiary/aromatic N) is 1. The van der Waals surface area contributed by atoms with E-state index in [1.165, 1.54) is 0 Å². The Kier molecular flexibility index (Phi) is 4.04. The maximum Gasteiger partial charge on any atom is -0.0147 e. The van der Waals surface area contributed by atoms with E-state index in [0.717, 1.165) is 17.9 Å². The minimum absolute atomic E-state index is 0.677. The van der Waals surface area contributed by atoms with Crippen molar-refractivity contribution in [3.63, 3.8) is 0 Å². The third-order valence-electron chi connectivity index (χ3n) is 0.827. The Morgan fingerprint density at radius 1 is 1.57 bits per heavy atom. The first-order chi connectivity index (χ1) is 3.27. The van der Waals surface area contributed by atoms with Crippen molar-refractivity contribution in [3.05, 3.63) is 5.21 Å². The first-order valence-corrected chi connectivity index (χ1v) is 2.65. The summed E-state index contributed by atoms with van der Waals surface area (Å²) in [6.07, 6.45) is 2.12. The van der Waals surface area contributed by atoms with Gasteiger partial charge >= 0.3 is 0 Å². The lowest BCUT2D eigenvalue weighted by Gasteiger charge is -2.20. The molecular weight excluding hydrogens is 90.1 g/mol. The van der Waals surface area contributed by atoms with Gasteiger partial charge in [-0.05, 0) is 20.0 Å². The second-order valence-electron chi connectivity index (χ2n) is 1.71. The molecule has 0 aromatic rings. The normalized spacial score (nSPS) is 10.3. The van der Waals surface area contributed by atoms with Gasteiger partial charge in [-0.2, -0.15) is 0 Å². The van der Waals surface area contributed by atoms with Crippen LogP contribution in [0, 0.1) is 5.21 Å². The zero-order chi connectivity index (χ0) is 5.70. The predicted molar refractivity (Wildman–Crippen MR) is 30.9 cm³/mol. The second-order valence-corrected chi connectivity index (χ2v) is 1.71. The summed E-state index contributed by atoms with van der Waals surface area (Å²) in [5, 5.41) is 11.1.